The second-order valence-electron chi connectivity index (χ2n) is 4.12. The van der Waals surface area contributed by atoms with Crippen LogP contribution in [0.25, 0.3) is 0 Å². The molecule has 2 saturated carbocycles. The van der Waals surface area contributed by atoms with Gasteiger partial charge >= 0.3 is 0 Å². The monoisotopic (exact) mass is 152 g/mol. The van der Waals surface area contributed by atoms with Gasteiger partial charge in [0.05, 0.1) is 5.60 Å². The summed E-state index contributed by atoms with van der Waals surface area (Å²) >= 11 is 0. The zero-order valence-electron chi connectivity index (χ0n) is 6.97. The van der Waals surface area contributed by atoms with Crippen LogP contribution < -0.4 is 0 Å². The van der Waals surface area contributed by atoms with Crippen molar-refractivity contribution in [3.8, 4) is 0 Å². The summed E-state index contributed by atoms with van der Waals surface area (Å²) in [4.78, 5) is 0. The van der Waals surface area contributed by atoms with Crippen LogP contribution >= 0.6 is 0 Å². The van der Waals surface area contributed by atoms with Gasteiger partial charge in [-0.05, 0) is 32.1 Å². The minimum Gasteiger partial charge on any atom is -0.385 e. The lowest BCUT2D eigenvalue weighted by molar-refractivity contribution is -0.0679. The second-order valence-corrected chi connectivity index (χ2v) is 4.12. The van der Waals surface area contributed by atoms with E-state index in [1.165, 1.54) is 32.1 Å². The van der Waals surface area contributed by atoms with Crippen molar-refractivity contribution < 1.29 is 5.11 Å². The van der Waals surface area contributed by atoms with Crippen LogP contribution in [0.2, 0.25) is 0 Å². The van der Waals surface area contributed by atoms with Gasteiger partial charge in [-0.25, -0.2) is 0 Å². The Morgan fingerprint density at radius 3 is 2.00 bits per heavy atom. The molecule has 0 bridgehead atoms. The Morgan fingerprint density at radius 2 is 1.64 bits per heavy atom. The number of aliphatic hydroxyl groups is 1. The molecule has 0 radical (unpaired) electrons. The molecule has 1 nitrogen and oxygen atoms in total. The average Bonchev–Trinajstić information content (AvgIpc) is 2.27. The molecule has 2 fully saturated rings. The molecule has 2 aliphatic carbocycles. The molecule has 0 aliphatic heterocycles. The van der Waals surface area contributed by atoms with Crippen LogP contribution in [0.1, 0.15) is 38.5 Å². The first kappa shape index (κ1) is 7.35. The van der Waals surface area contributed by atoms with Gasteiger partial charge in [0.25, 0.3) is 0 Å². The molecule has 0 saturated heterocycles. The zero-order chi connectivity index (χ0) is 7.95. The maximum atomic E-state index is 10.2. The van der Waals surface area contributed by atoms with Crippen molar-refractivity contribution in [3.05, 3.63) is 12.7 Å². The lowest BCUT2D eigenvalue weighted by Gasteiger charge is -2.47. The fourth-order valence-corrected chi connectivity index (χ4v) is 2.78. The van der Waals surface area contributed by atoms with Crippen molar-refractivity contribution >= 4 is 0 Å². The summed E-state index contributed by atoms with van der Waals surface area (Å²) in [6.07, 6.45) is 8.86. The Kier molecular flexibility index (Phi) is 1.40. The maximum Gasteiger partial charge on any atom is 0.0881 e. The summed E-state index contributed by atoms with van der Waals surface area (Å²) in [5, 5.41) is 10.2. The van der Waals surface area contributed by atoms with Gasteiger partial charge in [0.2, 0.25) is 0 Å². The molecule has 0 amide bonds. The summed E-state index contributed by atoms with van der Waals surface area (Å²) in [5.74, 6) is 0. The molecule has 1 heteroatoms. The van der Waals surface area contributed by atoms with Gasteiger partial charge in [-0.3, -0.25) is 0 Å². The van der Waals surface area contributed by atoms with Crippen LogP contribution in [0.5, 0.6) is 0 Å². The highest BCUT2D eigenvalue weighted by Gasteiger charge is 2.54. The van der Waals surface area contributed by atoms with E-state index in [-0.39, 0.29) is 5.41 Å². The maximum absolute atomic E-state index is 10.2. The molecule has 62 valence electrons. The van der Waals surface area contributed by atoms with Crippen LogP contribution in [0, 0.1) is 5.41 Å². The molecule has 1 unspecified atom stereocenters. The third-order valence-electron chi connectivity index (χ3n) is 3.78. The van der Waals surface area contributed by atoms with E-state index in [0.29, 0.717) is 0 Å². The topological polar surface area (TPSA) is 20.2 Å². The SMILES string of the molecule is C=CC1(O)CCCC12CCC2. The van der Waals surface area contributed by atoms with E-state index in [4.69, 9.17) is 0 Å². The van der Waals surface area contributed by atoms with Gasteiger partial charge in [0, 0.05) is 5.41 Å². The molecule has 0 heterocycles. The minimum absolute atomic E-state index is 0.259. The van der Waals surface area contributed by atoms with Crippen molar-refractivity contribution in [2.45, 2.75) is 44.1 Å². The van der Waals surface area contributed by atoms with Gasteiger partial charge in [-0.2, -0.15) is 0 Å². The Hall–Kier alpha value is -0.300. The molecule has 0 aromatic heterocycles. The van der Waals surface area contributed by atoms with Crippen molar-refractivity contribution in [2.75, 3.05) is 0 Å². The summed E-state index contributed by atoms with van der Waals surface area (Å²) in [5.41, 5.74) is -0.250. The molecule has 0 aromatic rings. The van der Waals surface area contributed by atoms with Crippen molar-refractivity contribution in [1.82, 2.24) is 0 Å². The number of hydrogen-bond donors (Lipinski definition) is 1. The Labute approximate surface area is 68.1 Å². The molecule has 1 spiro atoms. The van der Waals surface area contributed by atoms with E-state index in [0.717, 1.165) is 6.42 Å². The van der Waals surface area contributed by atoms with E-state index in [9.17, 15) is 5.11 Å². The molecule has 11 heavy (non-hydrogen) atoms. The van der Waals surface area contributed by atoms with Crippen molar-refractivity contribution in [1.29, 1.82) is 0 Å². The highest BCUT2D eigenvalue weighted by Crippen LogP contribution is 2.59. The van der Waals surface area contributed by atoms with E-state index in [1.54, 1.807) is 6.08 Å². The molecule has 0 aromatic carbocycles. The van der Waals surface area contributed by atoms with Crippen LogP contribution in [0.3, 0.4) is 0 Å². The fourth-order valence-electron chi connectivity index (χ4n) is 2.78. The summed E-state index contributed by atoms with van der Waals surface area (Å²) in [6.45, 7) is 3.74. The smallest absolute Gasteiger partial charge is 0.0881 e. The lowest BCUT2D eigenvalue weighted by atomic mass is 9.60. The minimum atomic E-state index is -0.509. The molecule has 1 atom stereocenters. The summed E-state index contributed by atoms with van der Waals surface area (Å²) in [7, 11) is 0. The van der Waals surface area contributed by atoms with E-state index in [2.05, 4.69) is 6.58 Å². The molecule has 1 N–H and O–H groups in total. The van der Waals surface area contributed by atoms with Crippen molar-refractivity contribution in [3.63, 3.8) is 0 Å². The van der Waals surface area contributed by atoms with Crippen LogP contribution in [-0.2, 0) is 0 Å². The Morgan fingerprint density at radius 1 is 1.09 bits per heavy atom. The third-order valence-corrected chi connectivity index (χ3v) is 3.78. The predicted octanol–water partition coefficient (Wildman–Crippen LogP) is 2.26. The molecular formula is C10H16O. The lowest BCUT2D eigenvalue weighted by Crippen LogP contribution is -2.46. The fraction of sp³-hybridized carbons (Fsp3) is 0.800. The Balaban J connectivity index is 2.25. The Bertz CT molecular complexity index is 181. The van der Waals surface area contributed by atoms with Gasteiger partial charge in [0.1, 0.15) is 0 Å². The van der Waals surface area contributed by atoms with Gasteiger partial charge in [0.15, 0.2) is 0 Å². The van der Waals surface area contributed by atoms with Crippen LogP contribution in [0.15, 0.2) is 12.7 Å². The van der Waals surface area contributed by atoms with E-state index >= 15 is 0 Å². The zero-order valence-corrected chi connectivity index (χ0v) is 6.97. The number of hydrogen-bond acceptors (Lipinski definition) is 1. The van der Waals surface area contributed by atoms with E-state index in [1.807, 2.05) is 0 Å². The third kappa shape index (κ3) is 0.750. The standard InChI is InChI=1S/C10H16O/c1-2-10(11)8-4-7-9(10)5-3-6-9/h2,11H,1,3-8H2. The highest BCUT2D eigenvalue weighted by molar-refractivity contribution is 5.15. The normalized spacial score (nSPS) is 40.5. The molecule has 2 rings (SSSR count). The van der Waals surface area contributed by atoms with E-state index < -0.39 is 5.60 Å². The second kappa shape index (κ2) is 2.10. The predicted molar refractivity (Wildman–Crippen MR) is 45.3 cm³/mol. The number of rotatable bonds is 1. The van der Waals surface area contributed by atoms with Gasteiger partial charge in [-0.1, -0.05) is 12.5 Å². The van der Waals surface area contributed by atoms with Gasteiger partial charge < -0.3 is 5.11 Å². The first-order valence-electron chi connectivity index (χ1n) is 4.58. The average molecular weight is 152 g/mol. The van der Waals surface area contributed by atoms with Gasteiger partial charge in [-0.15, -0.1) is 6.58 Å². The molecular weight excluding hydrogens is 136 g/mol. The summed E-state index contributed by atoms with van der Waals surface area (Å²) < 4.78 is 0. The van der Waals surface area contributed by atoms with Crippen molar-refractivity contribution in [2.24, 2.45) is 5.41 Å². The largest absolute Gasteiger partial charge is 0.385 e. The van der Waals surface area contributed by atoms with Crippen LogP contribution in [0.4, 0.5) is 0 Å². The van der Waals surface area contributed by atoms with Crippen LogP contribution in [-0.4, -0.2) is 10.7 Å². The highest BCUT2D eigenvalue weighted by atomic mass is 16.3. The quantitative estimate of drug-likeness (QED) is 0.571. The first-order chi connectivity index (χ1) is 5.22. The summed E-state index contributed by atoms with van der Waals surface area (Å²) in [6, 6.07) is 0. The first-order valence-corrected chi connectivity index (χ1v) is 4.58. The molecule has 2 aliphatic rings.